The fourth-order valence-electron chi connectivity index (χ4n) is 3.78. The number of hydrogen-bond donors (Lipinski definition) is 0. The lowest BCUT2D eigenvalue weighted by atomic mass is 9.97. The van der Waals surface area contributed by atoms with Gasteiger partial charge in [0.05, 0.1) is 6.04 Å². The summed E-state index contributed by atoms with van der Waals surface area (Å²) >= 11 is 0. The predicted octanol–water partition coefficient (Wildman–Crippen LogP) is 5.08. The summed E-state index contributed by atoms with van der Waals surface area (Å²) in [5.41, 5.74) is 0.988. The first-order valence-corrected chi connectivity index (χ1v) is 11.5. The van der Waals surface area contributed by atoms with Crippen molar-refractivity contribution in [3.05, 3.63) is 23.7 Å². The highest BCUT2D eigenvalue weighted by molar-refractivity contribution is 5.69. The minimum absolute atomic E-state index is 0.00816. The Kier molecular flexibility index (Phi) is 5.90. The van der Waals surface area contributed by atoms with Crippen LogP contribution in [0.15, 0.2) is 16.8 Å². The lowest BCUT2D eigenvalue weighted by Crippen LogP contribution is -2.42. The third-order valence-electron chi connectivity index (χ3n) is 5.65. The van der Waals surface area contributed by atoms with Crippen molar-refractivity contribution in [1.29, 1.82) is 0 Å². The van der Waals surface area contributed by atoms with Crippen molar-refractivity contribution in [2.24, 2.45) is 0 Å². The van der Waals surface area contributed by atoms with Gasteiger partial charge in [0, 0.05) is 29.8 Å². The van der Waals surface area contributed by atoms with Crippen molar-refractivity contribution in [2.75, 3.05) is 13.2 Å². The fraction of sp³-hybridized carbons (Fsp3) is 0.667. The smallest absolute Gasteiger partial charge is 0.410 e. The van der Waals surface area contributed by atoms with Crippen LogP contribution in [0.2, 0.25) is 0 Å². The molecule has 0 spiro atoms. The van der Waals surface area contributed by atoms with Gasteiger partial charge < -0.3 is 18.9 Å². The summed E-state index contributed by atoms with van der Waals surface area (Å²) in [5, 5.41) is 4.12. The molecule has 2 aromatic heterocycles. The summed E-state index contributed by atoms with van der Waals surface area (Å²) in [6, 6.07) is 1.89. The summed E-state index contributed by atoms with van der Waals surface area (Å²) < 4.78 is 17.3. The number of carbonyl (C=O) groups is 1. The normalized spacial score (nSPS) is 19.3. The second-order valence-electron chi connectivity index (χ2n) is 10.8. The van der Waals surface area contributed by atoms with E-state index in [0.717, 1.165) is 37.0 Å². The van der Waals surface area contributed by atoms with Crippen LogP contribution >= 0.6 is 0 Å². The van der Waals surface area contributed by atoms with E-state index in [1.165, 1.54) is 0 Å². The average Bonchev–Trinajstić information content (AvgIpc) is 3.21. The SMILES string of the molecule is CC(C)(C)OC(=O)N1CCC[C@H]1COc1cc(-c2noc(C(C)(C)C)n2)ncc1C1CC1. The second kappa shape index (κ2) is 8.37. The maximum atomic E-state index is 12.6. The summed E-state index contributed by atoms with van der Waals surface area (Å²) in [6.07, 6.45) is 5.72. The molecule has 3 heterocycles. The first-order valence-electron chi connectivity index (χ1n) is 11.5. The minimum Gasteiger partial charge on any atom is -0.491 e. The number of amides is 1. The molecule has 1 atom stereocenters. The number of ether oxygens (including phenoxy) is 2. The van der Waals surface area contributed by atoms with Gasteiger partial charge in [0.2, 0.25) is 11.7 Å². The van der Waals surface area contributed by atoms with Crippen molar-refractivity contribution >= 4 is 6.09 Å². The van der Waals surface area contributed by atoms with Gasteiger partial charge in [-0.25, -0.2) is 4.79 Å². The highest BCUT2D eigenvalue weighted by Crippen LogP contribution is 2.44. The zero-order chi connectivity index (χ0) is 23.1. The van der Waals surface area contributed by atoms with Gasteiger partial charge in [0.15, 0.2) is 0 Å². The van der Waals surface area contributed by atoms with Crippen LogP contribution in [0.4, 0.5) is 4.79 Å². The standard InChI is InChI=1S/C24H34N4O4/c1-23(2,3)21-26-20(27-32-21)18-12-19(17(13-25-18)15-9-10-15)30-14-16-8-7-11-28(16)22(29)31-24(4,5)6/h12-13,15-16H,7-11,14H2,1-6H3/t16-/m0/s1. The number of rotatable bonds is 5. The van der Waals surface area contributed by atoms with Crippen molar-refractivity contribution in [3.63, 3.8) is 0 Å². The largest absolute Gasteiger partial charge is 0.491 e. The zero-order valence-corrected chi connectivity index (χ0v) is 20.0. The molecule has 8 heteroatoms. The Morgan fingerprint density at radius 2 is 1.94 bits per heavy atom. The van der Waals surface area contributed by atoms with Crippen LogP contribution in [-0.4, -0.2) is 50.9 Å². The molecule has 174 valence electrons. The molecule has 1 aliphatic heterocycles. The molecule has 2 aromatic rings. The van der Waals surface area contributed by atoms with Crippen LogP contribution in [0.5, 0.6) is 5.75 Å². The molecule has 8 nitrogen and oxygen atoms in total. The van der Waals surface area contributed by atoms with Gasteiger partial charge in [-0.1, -0.05) is 25.9 Å². The van der Waals surface area contributed by atoms with E-state index in [1.54, 1.807) is 4.90 Å². The van der Waals surface area contributed by atoms with Gasteiger partial charge in [-0.05, 0) is 52.4 Å². The Labute approximate surface area is 189 Å². The van der Waals surface area contributed by atoms with E-state index in [-0.39, 0.29) is 17.6 Å². The van der Waals surface area contributed by atoms with E-state index in [0.29, 0.717) is 36.5 Å². The molecule has 4 rings (SSSR count). The minimum atomic E-state index is -0.513. The predicted molar refractivity (Wildman–Crippen MR) is 120 cm³/mol. The number of nitrogens with zero attached hydrogens (tertiary/aromatic N) is 4. The van der Waals surface area contributed by atoms with E-state index in [9.17, 15) is 4.79 Å². The number of pyridine rings is 1. The number of hydrogen-bond acceptors (Lipinski definition) is 7. The van der Waals surface area contributed by atoms with Gasteiger partial charge in [-0.15, -0.1) is 0 Å². The molecule has 1 saturated carbocycles. The van der Waals surface area contributed by atoms with E-state index in [1.807, 2.05) is 53.8 Å². The summed E-state index contributed by atoms with van der Waals surface area (Å²) in [4.78, 5) is 23.5. The topological polar surface area (TPSA) is 90.6 Å². The van der Waals surface area contributed by atoms with Crippen molar-refractivity contribution in [1.82, 2.24) is 20.0 Å². The average molecular weight is 443 g/mol. The van der Waals surface area contributed by atoms with Crippen LogP contribution in [-0.2, 0) is 10.2 Å². The molecule has 32 heavy (non-hydrogen) atoms. The van der Waals surface area contributed by atoms with Crippen LogP contribution in [0.1, 0.15) is 84.6 Å². The van der Waals surface area contributed by atoms with E-state index < -0.39 is 5.60 Å². The molecule has 0 N–H and O–H groups in total. The van der Waals surface area contributed by atoms with Gasteiger partial charge >= 0.3 is 6.09 Å². The Bertz CT molecular complexity index is 969. The summed E-state index contributed by atoms with van der Waals surface area (Å²) in [6.45, 7) is 12.9. The quantitative estimate of drug-likeness (QED) is 0.637. The Hall–Kier alpha value is -2.64. The Balaban J connectivity index is 1.51. The number of likely N-dealkylation sites (tertiary alicyclic amines) is 1. The van der Waals surface area contributed by atoms with E-state index in [2.05, 4.69) is 15.1 Å². The first kappa shape index (κ1) is 22.6. The maximum absolute atomic E-state index is 12.6. The first-order chi connectivity index (χ1) is 15.0. The highest BCUT2D eigenvalue weighted by Gasteiger charge is 2.34. The highest BCUT2D eigenvalue weighted by atomic mass is 16.6. The Morgan fingerprint density at radius 3 is 2.56 bits per heavy atom. The van der Waals surface area contributed by atoms with Crippen molar-refractivity contribution < 1.29 is 18.8 Å². The Morgan fingerprint density at radius 1 is 1.19 bits per heavy atom. The molecule has 2 aliphatic rings. The van der Waals surface area contributed by atoms with Crippen molar-refractivity contribution in [3.8, 4) is 17.3 Å². The molecule has 0 bridgehead atoms. The van der Waals surface area contributed by atoms with Gasteiger partial charge in [-0.3, -0.25) is 4.98 Å². The fourth-order valence-corrected chi connectivity index (χ4v) is 3.78. The van der Waals surface area contributed by atoms with Gasteiger partial charge in [0.1, 0.15) is 23.7 Å². The zero-order valence-electron chi connectivity index (χ0n) is 20.0. The molecule has 1 saturated heterocycles. The number of aromatic nitrogens is 3. The molecule has 1 amide bonds. The molecule has 0 radical (unpaired) electrons. The third-order valence-corrected chi connectivity index (χ3v) is 5.65. The monoisotopic (exact) mass is 442 g/mol. The lowest BCUT2D eigenvalue weighted by Gasteiger charge is -2.28. The molecular formula is C24H34N4O4. The summed E-state index contributed by atoms with van der Waals surface area (Å²) in [5.74, 6) is 2.29. The molecular weight excluding hydrogens is 408 g/mol. The maximum Gasteiger partial charge on any atom is 0.410 e. The van der Waals surface area contributed by atoms with E-state index in [4.69, 9.17) is 14.0 Å². The molecule has 0 unspecified atom stereocenters. The molecule has 0 aromatic carbocycles. The number of carbonyl (C=O) groups excluding carboxylic acids is 1. The van der Waals surface area contributed by atoms with Crippen LogP contribution in [0.25, 0.3) is 11.5 Å². The van der Waals surface area contributed by atoms with Crippen molar-refractivity contribution in [2.45, 2.75) is 90.2 Å². The van der Waals surface area contributed by atoms with Crippen LogP contribution < -0.4 is 4.74 Å². The summed E-state index contributed by atoms with van der Waals surface area (Å²) in [7, 11) is 0. The second-order valence-corrected chi connectivity index (χ2v) is 10.8. The van der Waals surface area contributed by atoms with Crippen LogP contribution in [0.3, 0.4) is 0 Å². The van der Waals surface area contributed by atoms with Crippen LogP contribution in [0, 0.1) is 0 Å². The lowest BCUT2D eigenvalue weighted by molar-refractivity contribution is 0.0187. The molecule has 1 aliphatic carbocycles. The van der Waals surface area contributed by atoms with E-state index >= 15 is 0 Å². The van der Waals surface area contributed by atoms with Gasteiger partial charge in [0.25, 0.3) is 0 Å². The third kappa shape index (κ3) is 5.22. The van der Waals surface area contributed by atoms with Gasteiger partial charge in [-0.2, -0.15) is 4.98 Å². The molecule has 2 fully saturated rings.